The van der Waals surface area contributed by atoms with E-state index in [1.165, 1.54) is 30.7 Å². The van der Waals surface area contributed by atoms with E-state index in [0.29, 0.717) is 11.1 Å². The van der Waals surface area contributed by atoms with Crippen LogP contribution in [0.5, 0.6) is 0 Å². The van der Waals surface area contributed by atoms with Crippen molar-refractivity contribution in [1.29, 1.82) is 0 Å². The molecule has 1 aromatic heterocycles. The zero-order chi connectivity index (χ0) is 16.7. The topological polar surface area (TPSA) is 37.3 Å². The Kier molecular flexibility index (Phi) is 3.58. The molecule has 1 aromatic carbocycles. The van der Waals surface area contributed by atoms with Crippen LogP contribution in [0.15, 0.2) is 47.6 Å². The van der Waals surface area contributed by atoms with Gasteiger partial charge in [0.15, 0.2) is 0 Å². The molecule has 0 bridgehead atoms. The van der Waals surface area contributed by atoms with E-state index < -0.39 is 17.4 Å². The fourth-order valence-electron chi connectivity index (χ4n) is 2.81. The minimum Gasteiger partial charge on any atom is -0.361 e. The first-order chi connectivity index (χ1) is 10.8. The molecular weight excluding hydrogens is 310 g/mol. The van der Waals surface area contributed by atoms with Crippen molar-refractivity contribution < 1.29 is 17.6 Å². The average molecular weight is 323 g/mol. The highest BCUT2D eigenvalue weighted by Gasteiger charge is 2.43. The van der Waals surface area contributed by atoms with Gasteiger partial charge in [-0.05, 0) is 30.7 Å². The SMILES string of the molecule is C[C@@H]1N=CNC1(c1ccc(F)cc1)c1ccc(C(F)(F)F)nc1. The molecule has 1 aliphatic heterocycles. The second kappa shape index (κ2) is 5.33. The van der Waals surface area contributed by atoms with Crippen molar-refractivity contribution in [3.63, 3.8) is 0 Å². The van der Waals surface area contributed by atoms with Crippen molar-refractivity contribution in [2.45, 2.75) is 24.7 Å². The van der Waals surface area contributed by atoms with Crippen molar-refractivity contribution in [3.8, 4) is 0 Å². The predicted molar refractivity (Wildman–Crippen MR) is 77.5 cm³/mol. The van der Waals surface area contributed by atoms with Crippen molar-refractivity contribution >= 4 is 6.34 Å². The van der Waals surface area contributed by atoms with Gasteiger partial charge in [-0.15, -0.1) is 0 Å². The summed E-state index contributed by atoms with van der Waals surface area (Å²) in [5, 5.41) is 3.09. The van der Waals surface area contributed by atoms with Gasteiger partial charge in [0.1, 0.15) is 17.1 Å². The summed E-state index contributed by atoms with van der Waals surface area (Å²) in [6.07, 6.45) is -1.80. The second-order valence-corrected chi connectivity index (χ2v) is 5.34. The van der Waals surface area contributed by atoms with Crippen molar-refractivity contribution in [2.75, 3.05) is 0 Å². The molecule has 0 amide bonds. The Balaban J connectivity index is 2.09. The third kappa shape index (κ3) is 2.56. The minimum atomic E-state index is -4.49. The molecule has 23 heavy (non-hydrogen) atoms. The molecule has 0 saturated heterocycles. The molecule has 0 radical (unpaired) electrons. The van der Waals surface area contributed by atoms with E-state index in [-0.39, 0.29) is 11.9 Å². The number of nitrogens with one attached hydrogen (secondary N) is 1. The fraction of sp³-hybridized carbons (Fsp3) is 0.250. The van der Waals surface area contributed by atoms with E-state index in [0.717, 1.165) is 6.07 Å². The molecule has 2 heterocycles. The van der Waals surface area contributed by atoms with E-state index >= 15 is 0 Å². The van der Waals surface area contributed by atoms with Gasteiger partial charge in [-0.3, -0.25) is 9.98 Å². The molecule has 7 heteroatoms. The lowest BCUT2D eigenvalue weighted by atomic mass is 9.79. The maximum atomic E-state index is 13.2. The van der Waals surface area contributed by atoms with E-state index in [1.54, 1.807) is 12.1 Å². The molecule has 0 aliphatic carbocycles. The molecule has 0 saturated carbocycles. The molecule has 1 aliphatic rings. The molecule has 120 valence electrons. The maximum Gasteiger partial charge on any atom is 0.433 e. The zero-order valence-electron chi connectivity index (χ0n) is 12.1. The van der Waals surface area contributed by atoms with Crippen molar-refractivity contribution in [3.05, 3.63) is 65.2 Å². The van der Waals surface area contributed by atoms with Gasteiger partial charge in [0.05, 0.1) is 12.4 Å². The predicted octanol–water partition coefficient (Wildman–Crippen LogP) is 3.50. The van der Waals surface area contributed by atoms with Crippen LogP contribution in [0.3, 0.4) is 0 Å². The molecule has 0 fully saturated rings. The van der Waals surface area contributed by atoms with Gasteiger partial charge in [-0.2, -0.15) is 13.2 Å². The normalized spacial score (nSPS) is 23.8. The lowest BCUT2D eigenvalue weighted by Gasteiger charge is -2.34. The third-order valence-electron chi connectivity index (χ3n) is 4.03. The molecule has 2 atom stereocenters. The summed E-state index contributed by atoms with van der Waals surface area (Å²) in [6, 6.07) is 7.82. The monoisotopic (exact) mass is 323 g/mol. The number of pyridine rings is 1. The Morgan fingerprint density at radius 2 is 1.70 bits per heavy atom. The van der Waals surface area contributed by atoms with Crippen LogP contribution in [0, 0.1) is 5.82 Å². The Hall–Kier alpha value is -2.44. The standard InChI is InChI=1S/C16H13F4N3/c1-10-15(23-9-22-10,11-2-5-13(17)6-3-11)12-4-7-14(21-8-12)16(18,19)20/h2-10H,1H3,(H,22,23)/t10-,15?/m0/s1. The highest BCUT2D eigenvalue weighted by atomic mass is 19.4. The van der Waals surface area contributed by atoms with Crippen LogP contribution >= 0.6 is 0 Å². The van der Waals surface area contributed by atoms with Crippen molar-refractivity contribution in [1.82, 2.24) is 10.3 Å². The zero-order valence-corrected chi connectivity index (χ0v) is 12.1. The quantitative estimate of drug-likeness (QED) is 0.859. The number of hydrogen-bond donors (Lipinski definition) is 1. The Morgan fingerprint density at radius 1 is 1.04 bits per heavy atom. The molecule has 3 nitrogen and oxygen atoms in total. The van der Waals surface area contributed by atoms with Gasteiger partial charge < -0.3 is 5.32 Å². The molecule has 2 aromatic rings. The summed E-state index contributed by atoms with van der Waals surface area (Å²) in [5.41, 5.74) is -0.597. The number of rotatable bonds is 2. The van der Waals surface area contributed by atoms with Gasteiger partial charge in [0, 0.05) is 11.8 Å². The number of nitrogens with zero attached hydrogens (tertiary/aromatic N) is 2. The summed E-state index contributed by atoms with van der Waals surface area (Å²) < 4.78 is 51.3. The van der Waals surface area contributed by atoms with Crippen LogP contribution in [0.2, 0.25) is 0 Å². The van der Waals surface area contributed by atoms with E-state index in [9.17, 15) is 17.6 Å². The molecule has 1 unspecified atom stereocenters. The molecule has 3 rings (SSSR count). The number of aliphatic imine (C=N–C) groups is 1. The Bertz CT molecular complexity index is 722. The van der Waals surface area contributed by atoms with Crippen LogP contribution in [0.1, 0.15) is 23.7 Å². The van der Waals surface area contributed by atoms with Gasteiger partial charge in [-0.1, -0.05) is 18.2 Å². The smallest absolute Gasteiger partial charge is 0.361 e. The summed E-state index contributed by atoms with van der Waals surface area (Å²) in [7, 11) is 0. The highest BCUT2D eigenvalue weighted by Crippen LogP contribution is 2.37. The van der Waals surface area contributed by atoms with Crippen LogP contribution in [-0.2, 0) is 11.7 Å². The number of benzene rings is 1. The largest absolute Gasteiger partial charge is 0.433 e. The summed E-state index contributed by atoms with van der Waals surface area (Å²) in [4.78, 5) is 7.78. The molecule has 1 N–H and O–H groups in total. The lowest BCUT2D eigenvalue weighted by molar-refractivity contribution is -0.141. The summed E-state index contributed by atoms with van der Waals surface area (Å²) in [5.74, 6) is -0.388. The molecule has 0 spiro atoms. The van der Waals surface area contributed by atoms with Crippen LogP contribution in [0.4, 0.5) is 17.6 Å². The number of hydrogen-bond acceptors (Lipinski definition) is 3. The fourth-order valence-corrected chi connectivity index (χ4v) is 2.81. The summed E-state index contributed by atoms with van der Waals surface area (Å²) in [6.45, 7) is 1.83. The maximum absolute atomic E-state index is 13.2. The average Bonchev–Trinajstić information content (AvgIpc) is 2.90. The minimum absolute atomic E-state index is 0.286. The van der Waals surface area contributed by atoms with Crippen molar-refractivity contribution in [2.24, 2.45) is 4.99 Å². The van der Waals surface area contributed by atoms with Crippen LogP contribution in [-0.4, -0.2) is 17.4 Å². The van der Waals surface area contributed by atoms with Gasteiger partial charge in [0.25, 0.3) is 0 Å². The van der Waals surface area contributed by atoms with Gasteiger partial charge >= 0.3 is 6.18 Å². The first-order valence-corrected chi connectivity index (χ1v) is 6.93. The Labute approximate surface area is 130 Å². The lowest BCUT2D eigenvalue weighted by Crippen LogP contribution is -2.45. The molecular formula is C16H13F4N3. The second-order valence-electron chi connectivity index (χ2n) is 5.34. The van der Waals surface area contributed by atoms with E-state index in [1.807, 2.05) is 6.92 Å². The van der Waals surface area contributed by atoms with Crippen LogP contribution < -0.4 is 5.32 Å². The van der Waals surface area contributed by atoms with E-state index in [4.69, 9.17) is 0 Å². The first kappa shape index (κ1) is 15.5. The number of halogens is 4. The number of aromatic nitrogens is 1. The first-order valence-electron chi connectivity index (χ1n) is 6.93. The van der Waals surface area contributed by atoms with Gasteiger partial charge in [-0.25, -0.2) is 4.39 Å². The third-order valence-corrected chi connectivity index (χ3v) is 4.03. The summed E-state index contributed by atoms with van der Waals surface area (Å²) >= 11 is 0. The number of alkyl halides is 3. The Morgan fingerprint density at radius 3 is 2.17 bits per heavy atom. The van der Waals surface area contributed by atoms with Crippen LogP contribution in [0.25, 0.3) is 0 Å². The highest BCUT2D eigenvalue weighted by molar-refractivity contribution is 5.64. The van der Waals surface area contributed by atoms with E-state index in [2.05, 4.69) is 15.3 Å². The van der Waals surface area contributed by atoms with Gasteiger partial charge in [0.2, 0.25) is 0 Å².